The van der Waals surface area contributed by atoms with Crippen LogP contribution in [0.25, 0.3) is 0 Å². The summed E-state index contributed by atoms with van der Waals surface area (Å²) in [5, 5.41) is 9.38. The Labute approximate surface area is 172 Å². The lowest BCUT2D eigenvalue weighted by atomic mass is 9.95. The SMILES string of the molecule is Cn1nc2c(c1CN1CCN(CCn3nc4c(cc3=O)CCC4)CC1)CCCC2. The van der Waals surface area contributed by atoms with Gasteiger partial charge < -0.3 is 0 Å². The molecular weight excluding hydrogens is 364 g/mol. The zero-order chi connectivity index (χ0) is 19.8. The van der Waals surface area contributed by atoms with Crippen LogP contribution < -0.4 is 5.56 Å². The van der Waals surface area contributed by atoms with Crippen LogP contribution in [0.2, 0.25) is 0 Å². The summed E-state index contributed by atoms with van der Waals surface area (Å²) in [6.45, 7) is 6.87. The molecule has 3 heterocycles. The first-order valence-electron chi connectivity index (χ1n) is 11.3. The van der Waals surface area contributed by atoms with Gasteiger partial charge in [-0.3, -0.25) is 19.3 Å². The van der Waals surface area contributed by atoms with Gasteiger partial charge in [0.25, 0.3) is 5.56 Å². The molecule has 7 nitrogen and oxygen atoms in total. The lowest BCUT2D eigenvalue weighted by molar-refractivity contribution is 0.120. The molecule has 5 rings (SSSR count). The molecule has 7 heteroatoms. The van der Waals surface area contributed by atoms with E-state index in [2.05, 4.69) is 26.6 Å². The van der Waals surface area contributed by atoms with E-state index in [1.807, 2.05) is 6.07 Å². The lowest BCUT2D eigenvalue weighted by Gasteiger charge is -2.34. The van der Waals surface area contributed by atoms with Crippen molar-refractivity contribution in [2.75, 3.05) is 32.7 Å². The molecule has 1 fully saturated rings. The molecule has 156 valence electrons. The highest BCUT2D eigenvalue weighted by Crippen LogP contribution is 2.25. The Kier molecular flexibility index (Phi) is 5.26. The Balaban J connectivity index is 1.15. The van der Waals surface area contributed by atoms with Gasteiger partial charge in [-0.05, 0) is 56.1 Å². The summed E-state index contributed by atoms with van der Waals surface area (Å²) in [5.41, 5.74) is 6.63. The largest absolute Gasteiger partial charge is 0.299 e. The lowest BCUT2D eigenvalue weighted by Crippen LogP contribution is -2.47. The molecule has 0 unspecified atom stereocenters. The highest BCUT2D eigenvalue weighted by Gasteiger charge is 2.23. The summed E-state index contributed by atoms with van der Waals surface area (Å²) in [5.74, 6) is 0. The molecule has 0 saturated carbocycles. The highest BCUT2D eigenvalue weighted by molar-refractivity contribution is 5.28. The molecule has 2 aromatic heterocycles. The molecule has 2 aromatic rings. The second kappa shape index (κ2) is 8.03. The normalized spacial score (nSPS) is 20.0. The molecule has 0 bridgehead atoms. The number of nitrogens with zero attached hydrogens (tertiary/aromatic N) is 6. The van der Waals surface area contributed by atoms with Gasteiger partial charge in [-0.2, -0.15) is 10.2 Å². The first-order valence-corrected chi connectivity index (χ1v) is 11.3. The highest BCUT2D eigenvalue weighted by atomic mass is 16.1. The van der Waals surface area contributed by atoms with Crippen LogP contribution in [-0.2, 0) is 45.8 Å². The van der Waals surface area contributed by atoms with Crippen LogP contribution in [-0.4, -0.2) is 62.1 Å². The van der Waals surface area contributed by atoms with E-state index in [0.29, 0.717) is 6.54 Å². The quantitative estimate of drug-likeness (QED) is 0.759. The molecule has 0 radical (unpaired) electrons. The smallest absolute Gasteiger partial charge is 0.267 e. The molecule has 0 atom stereocenters. The van der Waals surface area contributed by atoms with E-state index in [0.717, 1.165) is 76.2 Å². The van der Waals surface area contributed by atoms with Crippen LogP contribution in [0.4, 0.5) is 0 Å². The number of aromatic nitrogens is 4. The van der Waals surface area contributed by atoms with E-state index in [9.17, 15) is 4.79 Å². The van der Waals surface area contributed by atoms with Gasteiger partial charge in [0.05, 0.1) is 23.6 Å². The van der Waals surface area contributed by atoms with E-state index < -0.39 is 0 Å². The van der Waals surface area contributed by atoms with E-state index in [4.69, 9.17) is 5.10 Å². The molecule has 29 heavy (non-hydrogen) atoms. The molecule has 3 aliphatic rings. The summed E-state index contributed by atoms with van der Waals surface area (Å²) < 4.78 is 3.80. The number of rotatable bonds is 5. The Morgan fingerprint density at radius 3 is 2.48 bits per heavy atom. The second-order valence-corrected chi connectivity index (χ2v) is 8.85. The first-order chi connectivity index (χ1) is 14.2. The molecule has 2 aliphatic carbocycles. The Hall–Kier alpha value is -1.99. The molecule has 1 saturated heterocycles. The van der Waals surface area contributed by atoms with E-state index >= 15 is 0 Å². The van der Waals surface area contributed by atoms with Crippen LogP contribution >= 0.6 is 0 Å². The van der Waals surface area contributed by atoms with Gasteiger partial charge in [0, 0.05) is 52.4 Å². The van der Waals surface area contributed by atoms with Gasteiger partial charge in [0.1, 0.15) is 0 Å². The summed E-state index contributed by atoms with van der Waals surface area (Å²) in [6, 6.07) is 1.81. The Morgan fingerprint density at radius 1 is 0.862 bits per heavy atom. The molecule has 1 aliphatic heterocycles. The van der Waals surface area contributed by atoms with Crippen molar-refractivity contribution in [2.24, 2.45) is 7.05 Å². The van der Waals surface area contributed by atoms with Gasteiger partial charge in [-0.1, -0.05) is 0 Å². The summed E-state index contributed by atoms with van der Waals surface area (Å²) >= 11 is 0. The van der Waals surface area contributed by atoms with Crippen LogP contribution in [0, 0.1) is 0 Å². The van der Waals surface area contributed by atoms with Gasteiger partial charge >= 0.3 is 0 Å². The van der Waals surface area contributed by atoms with Crippen molar-refractivity contribution in [1.29, 1.82) is 0 Å². The monoisotopic (exact) mass is 396 g/mol. The zero-order valence-electron chi connectivity index (χ0n) is 17.6. The first kappa shape index (κ1) is 19.0. The average molecular weight is 397 g/mol. The predicted molar refractivity (Wildman–Crippen MR) is 112 cm³/mol. The number of piperazine rings is 1. The van der Waals surface area contributed by atoms with Gasteiger partial charge in [0.15, 0.2) is 0 Å². The maximum absolute atomic E-state index is 12.3. The van der Waals surface area contributed by atoms with Crippen molar-refractivity contribution in [2.45, 2.75) is 58.0 Å². The maximum atomic E-state index is 12.3. The van der Waals surface area contributed by atoms with Crippen molar-refractivity contribution in [3.8, 4) is 0 Å². The third-order valence-electron chi connectivity index (χ3n) is 6.94. The fourth-order valence-corrected chi connectivity index (χ4v) is 5.16. The van der Waals surface area contributed by atoms with E-state index in [1.165, 1.54) is 36.2 Å². The Bertz CT molecular complexity index is 938. The third-order valence-corrected chi connectivity index (χ3v) is 6.94. The van der Waals surface area contributed by atoms with Gasteiger partial charge in [-0.25, -0.2) is 4.68 Å². The summed E-state index contributed by atoms with van der Waals surface area (Å²) in [6.07, 6.45) is 8.09. The van der Waals surface area contributed by atoms with E-state index in [-0.39, 0.29) is 5.56 Å². The molecule has 0 spiro atoms. The van der Waals surface area contributed by atoms with Gasteiger partial charge in [-0.15, -0.1) is 0 Å². The van der Waals surface area contributed by atoms with Crippen molar-refractivity contribution < 1.29 is 0 Å². The van der Waals surface area contributed by atoms with Crippen LogP contribution in [0.1, 0.15) is 47.5 Å². The number of hydrogen-bond acceptors (Lipinski definition) is 5. The van der Waals surface area contributed by atoms with E-state index in [1.54, 1.807) is 4.68 Å². The Morgan fingerprint density at radius 2 is 1.62 bits per heavy atom. The van der Waals surface area contributed by atoms with Gasteiger partial charge in [0.2, 0.25) is 0 Å². The minimum atomic E-state index is 0.0604. The predicted octanol–water partition coefficient (Wildman–Crippen LogP) is 1.16. The number of hydrogen-bond donors (Lipinski definition) is 0. The third kappa shape index (κ3) is 3.90. The molecule has 0 amide bonds. The standard InChI is InChI=1S/C22H32N6O/c1-25-21(18-6-2-3-7-20(18)23-25)16-27-11-9-26(10-12-27)13-14-28-22(29)15-17-5-4-8-19(17)24-28/h15H,2-14,16H2,1H3. The topological polar surface area (TPSA) is 59.2 Å². The molecule has 0 aromatic carbocycles. The minimum Gasteiger partial charge on any atom is -0.299 e. The summed E-state index contributed by atoms with van der Waals surface area (Å²) in [4.78, 5) is 17.3. The van der Waals surface area contributed by atoms with Crippen LogP contribution in [0.3, 0.4) is 0 Å². The van der Waals surface area contributed by atoms with Crippen molar-refractivity contribution in [3.05, 3.63) is 44.6 Å². The van der Waals surface area contributed by atoms with Crippen molar-refractivity contribution in [3.63, 3.8) is 0 Å². The summed E-state index contributed by atoms with van der Waals surface area (Å²) in [7, 11) is 2.10. The van der Waals surface area contributed by atoms with Crippen molar-refractivity contribution >= 4 is 0 Å². The average Bonchev–Trinajstić information content (AvgIpc) is 3.31. The fraction of sp³-hybridized carbons (Fsp3) is 0.682. The maximum Gasteiger partial charge on any atom is 0.267 e. The zero-order valence-corrected chi connectivity index (χ0v) is 17.6. The molecule has 0 N–H and O–H groups in total. The van der Waals surface area contributed by atoms with Crippen molar-refractivity contribution in [1.82, 2.24) is 29.4 Å². The second-order valence-electron chi connectivity index (χ2n) is 8.85. The number of aryl methyl sites for hydroxylation is 4. The van der Waals surface area contributed by atoms with Crippen LogP contribution in [0.15, 0.2) is 10.9 Å². The molecular formula is C22H32N6O. The fourth-order valence-electron chi connectivity index (χ4n) is 5.16. The minimum absolute atomic E-state index is 0.0604. The van der Waals surface area contributed by atoms with Crippen LogP contribution in [0.5, 0.6) is 0 Å². The number of fused-ring (bicyclic) bond motifs is 2.